The first-order valence-corrected chi connectivity index (χ1v) is 9.17. The summed E-state index contributed by atoms with van der Waals surface area (Å²) in [4.78, 5) is 0. The van der Waals surface area contributed by atoms with Crippen molar-refractivity contribution in [3.63, 3.8) is 0 Å². The molecular weight excluding hydrogens is 328 g/mol. The first-order valence-electron chi connectivity index (χ1n) is 9.17. The third-order valence-electron chi connectivity index (χ3n) is 5.63. The average Bonchev–Trinajstić information content (AvgIpc) is 2.70. The molecule has 0 bridgehead atoms. The molecule has 0 saturated heterocycles. The SMILES string of the molecule is Oc1cccc2cc3c(ccc4cc5cc6ccccc6cc5cc43)cc12. The van der Waals surface area contributed by atoms with Crippen molar-refractivity contribution < 1.29 is 5.11 Å². The molecule has 0 amide bonds. The number of aromatic hydroxyl groups is 1. The fraction of sp³-hybridized carbons (Fsp3) is 0. The summed E-state index contributed by atoms with van der Waals surface area (Å²) in [6.45, 7) is 0. The van der Waals surface area contributed by atoms with Crippen molar-refractivity contribution in [2.24, 2.45) is 0 Å². The Hall–Kier alpha value is -3.58. The summed E-state index contributed by atoms with van der Waals surface area (Å²) in [5, 5.41) is 22.1. The fourth-order valence-electron chi connectivity index (χ4n) is 4.26. The molecule has 27 heavy (non-hydrogen) atoms. The highest BCUT2D eigenvalue weighted by Gasteiger charge is 2.07. The van der Waals surface area contributed by atoms with Gasteiger partial charge in [0.25, 0.3) is 0 Å². The summed E-state index contributed by atoms with van der Waals surface area (Å²) >= 11 is 0. The van der Waals surface area contributed by atoms with Gasteiger partial charge in [-0.2, -0.15) is 0 Å². The number of phenols is 1. The van der Waals surface area contributed by atoms with Gasteiger partial charge in [-0.25, -0.2) is 0 Å². The fourth-order valence-corrected chi connectivity index (χ4v) is 4.26. The van der Waals surface area contributed by atoms with Crippen LogP contribution in [0.1, 0.15) is 0 Å². The van der Waals surface area contributed by atoms with Gasteiger partial charge < -0.3 is 5.11 Å². The lowest BCUT2D eigenvalue weighted by molar-refractivity contribution is 0.481. The number of phenolic OH excluding ortho intramolecular Hbond substituents is 1. The predicted molar refractivity (Wildman–Crippen MR) is 116 cm³/mol. The second kappa shape index (κ2) is 5.21. The van der Waals surface area contributed by atoms with Crippen LogP contribution in [0, 0.1) is 0 Å². The van der Waals surface area contributed by atoms with Gasteiger partial charge in [0.15, 0.2) is 0 Å². The highest BCUT2D eigenvalue weighted by molar-refractivity contribution is 6.16. The van der Waals surface area contributed by atoms with Crippen LogP contribution in [0.15, 0.2) is 91.0 Å². The van der Waals surface area contributed by atoms with Crippen LogP contribution in [-0.2, 0) is 0 Å². The topological polar surface area (TPSA) is 20.2 Å². The molecule has 0 aliphatic rings. The van der Waals surface area contributed by atoms with Crippen LogP contribution in [0.25, 0.3) is 53.9 Å². The lowest BCUT2D eigenvalue weighted by atomic mass is 9.95. The molecule has 6 aromatic rings. The van der Waals surface area contributed by atoms with Gasteiger partial charge in [-0.1, -0.05) is 48.5 Å². The van der Waals surface area contributed by atoms with E-state index in [1.165, 1.54) is 37.7 Å². The Bertz CT molecular complexity index is 1530. The maximum absolute atomic E-state index is 10.2. The third-order valence-corrected chi connectivity index (χ3v) is 5.63. The third kappa shape index (κ3) is 2.12. The molecule has 1 nitrogen and oxygen atoms in total. The maximum atomic E-state index is 10.2. The van der Waals surface area contributed by atoms with Gasteiger partial charge >= 0.3 is 0 Å². The molecule has 0 fully saturated rings. The van der Waals surface area contributed by atoms with Crippen LogP contribution in [0.4, 0.5) is 0 Å². The zero-order valence-electron chi connectivity index (χ0n) is 14.6. The average molecular weight is 344 g/mol. The lowest BCUT2D eigenvalue weighted by Crippen LogP contribution is -1.82. The van der Waals surface area contributed by atoms with E-state index in [4.69, 9.17) is 0 Å². The van der Waals surface area contributed by atoms with Gasteiger partial charge in [0.1, 0.15) is 5.75 Å². The molecule has 6 aromatic carbocycles. The van der Waals surface area contributed by atoms with Gasteiger partial charge in [0, 0.05) is 5.39 Å². The molecule has 0 aromatic heterocycles. The van der Waals surface area contributed by atoms with E-state index in [0.717, 1.165) is 16.2 Å². The van der Waals surface area contributed by atoms with Gasteiger partial charge in [-0.15, -0.1) is 0 Å². The van der Waals surface area contributed by atoms with Crippen LogP contribution in [-0.4, -0.2) is 5.11 Å². The molecule has 126 valence electrons. The van der Waals surface area contributed by atoms with E-state index in [2.05, 4.69) is 78.9 Å². The monoisotopic (exact) mass is 344 g/mol. The van der Waals surface area contributed by atoms with Crippen LogP contribution < -0.4 is 0 Å². The van der Waals surface area contributed by atoms with E-state index in [0.29, 0.717) is 5.75 Å². The standard InChI is InChI=1S/C26H16O/c27-26-7-3-6-18-13-23-20(14-25(18)26)9-8-19-12-21-10-16-4-1-2-5-17(16)11-22(21)15-24(19)23/h1-15,27H. The van der Waals surface area contributed by atoms with Crippen molar-refractivity contribution >= 4 is 53.9 Å². The normalized spacial score (nSPS) is 11.9. The molecule has 1 N–H and O–H groups in total. The van der Waals surface area contributed by atoms with Crippen LogP contribution >= 0.6 is 0 Å². The quantitative estimate of drug-likeness (QED) is 0.229. The Labute approximate surface area is 156 Å². The Morgan fingerprint density at radius 2 is 0.852 bits per heavy atom. The minimum atomic E-state index is 0.333. The van der Waals surface area contributed by atoms with E-state index in [-0.39, 0.29) is 0 Å². The van der Waals surface area contributed by atoms with Gasteiger partial charge in [0.05, 0.1) is 0 Å². The number of hydrogen-bond acceptors (Lipinski definition) is 1. The van der Waals surface area contributed by atoms with Crippen LogP contribution in [0.2, 0.25) is 0 Å². The molecule has 0 spiro atoms. The highest BCUT2D eigenvalue weighted by Crippen LogP contribution is 2.35. The van der Waals surface area contributed by atoms with Crippen molar-refractivity contribution in [1.29, 1.82) is 0 Å². The first kappa shape index (κ1) is 14.6. The summed E-state index contributed by atoms with van der Waals surface area (Å²) in [5.74, 6) is 0.333. The summed E-state index contributed by atoms with van der Waals surface area (Å²) in [6.07, 6.45) is 0. The maximum Gasteiger partial charge on any atom is 0.123 e. The molecular formula is C26H16O. The van der Waals surface area contributed by atoms with Crippen LogP contribution in [0.3, 0.4) is 0 Å². The Kier molecular flexibility index (Phi) is 2.81. The van der Waals surface area contributed by atoms with Gasteiger partial charge in [0.2, 0.25) is 0 Å². The predicted octanol–water partition coefficient (Wildman–Crippen LogP) is 7.16. The molecule has 6 rings (SSSR count). The number of fused-ring (bicyclic) bond motifs is 6. The number of benzene rings is 6. The Morgan fingerprint density at radius 1 is 0.370 bits per heavy atom. The van der Waals surface area contributed by atoms with E-state index < -0.39 is 0 Å². The minimum Gasteiger partial charge on any atom is -0.507 e. The molecule has 0 aliphatic heterocycles. The molecule has 0 saturated carbocycles. The van der Waals surface area contributed by atoms with Gasteiger partial charge in [-0.05, 0) is 90.9 Å². The Morgan fingerprint density at radius 3 is 1.59 bits per heavy atom. The van der Waals surface area contributed by atoms with E-state index in [9.17, 15) is 5.11 Å². The summed E-state index contributed by atoms with van der Waals surface area (Å²) < 4.78 is 0. The Balaban J connectivity index is 1.77. The van der Waals surface area contributed by atoms with E-state index in [1.807, 2.05) is 6.07 Å². The molecule has 0 unspecified atom stereocenters. The minimum absolute atomic E-state index is 0.333. The van der Waals surface area contributed by atoms with E-state index >= 15 is 0 Å². The zero-order valence-corrected chi connectivity index (χ0v) is 14.6. The summed E-state index contributed by atoms with van der Waals surface area (Å²) in [6, 6.07) is 31.9. The number of rotatable bonds is 0. The number of hydrogen-bond donors (Lipinski definition) is 1. The van der Waals surface area contributed by atoms with Crippen molar-refractivity contribution in [2.45, 2.75) is 0 Å². The molecule has 0 aliphatic carbocycles. The second-order valence-electron chi connectivity index (χ2n) is 7.26. The lowest BCUT2D eigenvalue weighted by Gasteiger charge is -2.10. The highest BCUT2D eigenvalue weighted by atomic mass is 16.3. The van der Waals surface area contributed by atoms with Crippen molar-refractivity contribution in [3.8, 4) is 5.75 Å². The van der Waals surface area contributed by atoms with E-state index in [1.54, 1.807) is 6.07 Å². The van der Waals surface area contributed by atoms with Crippen molar-refractivity contribution in [3.05, 3.63) is 91.0 Å². The largest absolute Gasteiger partial charge is 0.507 e. The first-order chi connectivity index (χ1) is 13.3. The molecule has 0 atom stereocenters. The zero-order chi connectivity index (χ0) is 18.0. The van der Waals surface area contributed by atoms with Crippen LogP contribution in [0.5, 0.6) is 5.75 Å². The van der Waals surface area contributed by atoms with Crippen molar-refractivity contribution in [2.75, 3.05) is 0 Å². The second-order valence-corrected chi connectivity index (χ2v) is 7.26. The smallest absolute Gasteiger partial charge is 0.123 e. The summed E-state index contributed by atoms with van der Waals surface area (Å²) in [7, 11) is 0. The molecule has 1 heteroatoms. The van der Waals surface area contributed by atoms with Crippen molar-refractivity contribution in [1.82, 2.24) is 0 Å². The summed E-state index contributed by atoms with van der Waals surface area (Å²) in [5.41, 5.74) is 0. The molecule has 0 heterocycles. The molecule has 0 radical (unpaired) electrons. The van der Waals surface area contributed by atoms with Gasteiger partial charge in [-0.3, -0.25) is 0 Å².